The summed E-state index contributed by atoms with van der Waals surface area (Å²) >= 11 is 0. The topological polar surface area (TPSA) is 17.1 Å². The molecule has 0 aliphatic carbocycles. The average Bonchev–Trinajstić information content (AvgIpc) is 2.38. The van der Waals surface area contributed by atoms with Gasteiger partial charge in [-0.2, -0.15) is 13.2 Å². The predicted octanol–water partition coefficient (Wildman–Crippen LogP) is 4.46. The number of alkyl halides is 3. The van der Waals surface area contributed by atoms with Crippen LogP contribution in [0.25, 0.3) is 11.1 Å². The summed E-state index contributed by atoms with van der Waals surface area (Å²) in [6.07, 6.45) is -4.45. The lowest BCUT2D eigenvalue weighted by molar-refractivity contribution is -0.139. The Morgan fingerprint density at radius 1 is 0.900 bits per heavy atom. The van der Waals surface area contributed by atoms with E-state index in [1.54, 1.807) is 0 Å². The van der Waals surface area contributed by atoms with Gasteiger partial charge < -0.3 is 0 Å². The number of carbonyl (C=O) groups excluding carboxylic acids is 1. The van der Waals surface area contributed by atoms with Crippen LogP contribution in [-0.4, -0.2) is 6.29 Å². The smallest absolute Gasteiger partial charge is 0.298 e. The van der Waals surface area contributed by atoms with Gasteiger partial charge in [0.05, 0.1) is 5.56 Å². The first-order chi connectivity index (χ1) is 9.32. The van der Waals surface area contributed by atoms with E-state index in [4.69, 9.17) is 0 Å². The molecule has 0 atom stereocenters. The van der Waals surface area contributed by atoms with Crippen molar-refractivity contribution in [3.63, 3.8) is 0 Å². The minimum atomic E-state index is -4.86. The minimum Gasteiger partial charge on any atom is -0.298 e. The highest BCUT2D eigenvalue weighted by Crippen LogP contribution is 2.34. The van der Waals surface area contributed by atoms with Crippen molar-refractivity contribution in [1.82, 2.24) is 0 Å². The number of benzene rings is 2. The van der Waals surface area contributed by atoms with Crippen LogP contribution in [0.15, 0.2) is 36.4 Å². The number of carbonyl (C=O) groups is 1. The van der Waals surface area contributed by atoms with Gasteiger partial charge in [0.2, 0.25) is 0 Å². The number of hydrogen-bond acceptors (Lipinski definition) is 1. The lowest BCUT2D eigenvalue weighted by atomic mass is 10.0. The molecule has 0 radical (unpaired) electrons. The molecule has 20 heavy (non-hydrogen) atoms. The molecule has 0 saturated carbocycles. The first kappa shape index (κ1) is 14.2. The van der Waals surface area contributed by atoms with Crippen LogP contribution >= 0.6 is 0 Å². The molecule has 2 rings (SSSR count). The zero-order valence-corrected chi connectivity index (χ0v) is 9.84. The molecule has 0 saturated heterocycles. The number of halogens is 5. The first-order valence-corrected chi connectivity index (χ1v) is 5.45. The van der Waals surface area contributed by atoms with E-state index >= 15 is 0 Å². The summed E-state index contributed by atoms with van der Waals surface area (Å²) in [5.74, 6) is -2.28. The highest BCUT2D eigenvalue weighted by Gasteiger charge is 2.34. The normalized spacial score (nSPS) is 11.4. The van der Waals surface area contributed by atoms with Crippen LogP contribution in [0.4, 0.5) is 22.0 Å². The third kappa shape index (κ3) is 2.68. The van der Waals surface area contributed by atoms with Crippen molar-refractivity contribution in [2.75, 3.05) is 0 Å². The van der Waals surface area contributed by atoms with E-state index in [0.29, 0.717) is 18.4 Å². The van der Waals surface area contributed by atoms with Crippen molar-refractivity contribution in [2.24, 2.45) is 0 Å². The number of aldehydes is 1. The van der Waals surface area contributed by atoms with Gasteiger partial charge in [0.15, 0.2) is 0 Å². The number of rotatable bonds is 2. The van der Waals surface area contributed by atoms with Crippen molar-refractivity contribution in [3.05, 3.63) is 59.2 Å². The molecule has 0 aliphatic rings. The van der Waals surface area contributed by atoms with Crippen molar-refractivity contribution in [1.29, 1.82) is 0 Å². The molecule has 1 nitrogen and oxygen atoms in total. The fourth-order valence-electron chi connectivity index (χ4n) is 1.75. The third-order valence-corrected chi connectivity index (χ3v) is 2.71. The third-order valence-electron chi connectivity index (χ3n) is 2.71. The molecule has 0 aliphatic heterocycles. The van der Waals surface area contributed by atoms with Gasteiger partial charge in [-0.05, 0) is 23.8 Å². The summed E-state index contributed by atoms with van der Waals surface area (Å²) in [6, 6.07) is 5.55. The Balaban J connectivity index is 2.57. The Labute approximate surface area is 110 Å². The second kappa shape index (κ2) is 5.03. The van der Waals surface area contributed by atoms with Gasteiger partial charge in [0, 0.05) is 11.1 Å². The Morgan fingerprint density at radius 3 is 2.15 bits per heavy atom. The Hall–Kier alpha value is -2.24. The molecule has 0 spiro atoms. The molecule has 0 aromatic heterocycles. The standard InChI is InChI=1S/C14H7F5O/c15-12-4-2-9(6-11(12)14(17,18)19)10-3-1-8(7-20)5-13(10)16/h1-7H. The van der Waals surface area contributed by atoms with Gasteiger partial charge >= 0.3 is 6.18 Å². The van der Waals surface area contributed by atoms with Gasteiger partial charge in [-0.3, -0.25) is 4.79 Å². The van der Waals surface area contributed by atoms with Crippen LogP contribution < -0.4 is 0 Å². The van der Waals surface area contributed by atoms with Crippen molar-refractivity contribution < 1.29 is 26.7 Å². The molecule has 0 fully saturated rings. The van der Waals surface area contributed by atoms with Crippen LogP contribution in [0.2, 0.25) is 0 Å². The second-order valence-corrected chi connectivity index (χ2v) is 4.05. The molecular weight excluding hydrogens is 279 g/mol. The summed E-state index contributed by atoms with van der Waals surface area (Å²) in [6.45, 7) is 0. The van der Waals surface area contributed by atoms with E-state index in [1.165, 1.54) is 12.1 Å². The van der Waals surface area contributed by atoms with Crippen LogP contribution in [-0.2, 0) is 6.18 Å². The van der Waals surface area contributed by atoms with Crippen LogP contribution in [0.3, 0.4) is 0 Å². The van der Waals surface area contributed by atoms with Gasteiger partial charge in [0.25, 0.3) is 0 Å². The van der Waals surface area contributed by atoms with Gasteiger partial charge in [-0.1, -0.05) is 18.2 Å². The van der Waals surface area contributed by atoms with Crippen LogP contribution in [0.1, 0.15) is 15.9 Å². The fraction of sp³-hybridized carbons (Fsp3) is 0.0714. The Kier molecular flexibility index (Phi) is 3.57. The van der Waals surface area contributed by atoms with E-state index in [9.17, 15) is 26.7 Å². The molecule has 0 amide bonds. The first-order valence-electron chi connectivity index (χ1n) is 5.45. The number of hydrogen-bond donors (Lipinski definition) is 0. The minimum absolute atomic E-state index is 0.0596. The summed E-state index contributed by atoms with van der Waals surface area (Å²) in [5, 5.41) is 0. The molecule has 0 N–H and O–H groups in total. The highest BCUT2D eigenvalue weighted by molar-refractivity contribution is 5.77. The summed E-state index contributed by atoms with van der Waals surface area (Å²) < 4.78 is 64.6. The van der Waals surface area contributed by atoms with E-state index in [2.05, 4.69) is 0 Å². The van der Waals surface area contributed by atoms with Crippen LogP contribution in [0, 0.1) is 11.6 Å². The van der Waals surface area contributed by atoms with E-state index in [1.807, 2.05) is 0 Å². The van der Waals surface area contributed by atoms with Gasteiger partial charge in [-0.25, -0.2) is 8.78 Å². The molecule has 2 aromatic rings. The zero-order valence-electron chi connectivity index (χ0n) is 9.84. The summed E-state index contributed by atoms with van der Waals surface area (Å²) in [7, 11) is 0. The molecule has 6 heteroatoms. The molecule has 0 heterocycles. The second-order valence-electron chi connectivity index (χ2n) is 4.05. The Bertz CT molecular complexity index is 661. The van der Waals surface area contributed by atoms with E-state index in [0.717, 1.165) is 12.1 Å². The lowest BCUT2D eigenvalue weighted by Crippen LogP contribution is -2.08. The maximum absolute atomic E-state index is 13.7. The SMILES string of the molecule is O=Cc1ccc(-c2ccc(F)c(C(F)(F)F)c2)c(F)c1. The van der Waals surface area contributed by atoms with Gasteiger partial charge in [0.1, 0.15) is 17.9 Å². The average molecular weight is 286 g/mol. The largest absolute Gasteiger partial charge is 0.419 e. The quantitative estimate of drug-likeness (QED) is 0.588. The maximum Gasteiger partial charge on any atom is 0.419 e. The van der Waals surface area contributed by atoms with E-state index < -0.39 is 23.4 Å². The predicted molar refractivity (Wildman–Crippen MR) is 62.2 cm³/mol. The zero-order chi connectivity index (χ0) is 14.9. The molecule has 0 unspecified atom stereocenters. The molecule has 0 bridgehead atoms. The summed E-state index contributed by atoms with van der Waals surface area (Å²) in [4.78, 5) is 10.5. The maximum atomic E-state index is 13.7. The fourth-order valence-corrected chi connectivity index (χ4v) is 1.75. The van der Waals surface area contributed by atoms with Crippen LogP contribution in [0.5, 0.6) is 0 Å². The van der Waals surface area contributed by atoms with Crippen molar-refractivity contribution >= 4 is 6.29 Å². The lowest BCUT2D eigenvalue weighted by Gasteiger charge is -2.11. The van der Waals surface area contributed by atoms with E-state index in [-0.39, 0.29) is 16.7 Å². The van der Waals surface area contributed by atoms with Crippen molar-refractivity contribution in [2.45, 2.75) is 6.18 Å². The molecule has 2 aromatic carbocycles. The van der Waals surface area contributed by atoms with Gasteiger partial charge in [-0.15, -0.1) is 0 Å². The summed E-state index contributed by atoms with van der Waals surface area (Å²) in [5.41, 5.74) is -1.66. The van der Waals surface area contributed by atoms with Crippen molar-refractivity contribution in [3.8, 4) is 11.1 Å². The Morgan fingerprint density at radius 2 is 1.60 bits per heavy atom. The monoisotopic (exact) mass is 286 g/mol. The molecule has 104 valence electrons. The highest BCUT2D eigenvalue weighted by atomic mass is 19.4. The molecular formula is C14H7F5O.